The summed E-state index contributed by atoms with van der Waals surface area (Å²) in [6, 6.07) is 13.4. The summed E-state index contributed by atoms with van der Waals surface area (Å²) in [5.41, 5.74) is 0.956. The lowest BCUT2D eigenvalue weighted by atomic mass is 10.4. The number of pyridine rings is 1. The van der Waals surface area contributed by atoms with Gasteiger partial charge < -0.3 is 0 Å². The summed E-state index contributed by atoms with van der Waals surface area (Å²) in [7, 11) is 0. The molecular formula is C12H9Cl2NS. The number of benzene rings is 1. The highest BCUT2D eigenvalue weighted by molar-refractivity contribution is 7.98. The number of aromatic nitrogens is 1. The van der Waals surface area contributed by atoms with E-state index in [1.54, 1.807) is 17.8 Å². The second-order valence-electron chi connectivity index (χ2n) is 3.17. The van der Waals surface area contributed by atoms with E-state index >= 15 is 0 Å². The third-order valence-corrected chi connectivity index (χ3v) is 3.74. The van der Waals surface area contributed by atoms with Gasteiger partial charge in [0.05, 0.1) is 10.7 Å². The molecule has 0 unspecified atom stereocenters. The van der Waals surface area contributed by atoms with Crippen LogP contribution in [-0.2, 0) is 5.75 Å². The van der Waals surface area contributed by atoms with Crippen molar-refractivity contribution in [2.24, 2.45) is 0 Å². The van der Waals surface area contributed by atoms with E-state index in [9.17, 15) is 0 Å². The van der Waals surface area contributed by atoms with Crippen LogP contribution in [0.3, 0.4) is 0 Å². The first-order valence-corrected chi connectivity index (χ1v) is 6.48. The molecule has 0 atom stereocenters. The Hall–Kier alpha value is -0.700. The topological polar surface area (TPSA) is 12.9 Å². The molecule has 4 heteroatoms. The molecule has 0 aliphatic carbocycles. The minimum absolute atomic E-state index is 0.525. The zero-order valence-electron chi connectivity index (χ0n) is 8.36. The van der Waals surface area contributed by atoms with Crippen molar-refractivity contribution in [1.29, 1.82) is 0 Å². The Morgan fingerprint density at radius 1 is 1.00 bits per heavy atom. The number of rotatable bonds is 3. The monoisotopic (exact) mass is 269 g/mol. The van der Waals surface area contributed by atoms with Gasteiger partial charge in [-0.15, -0.1) is 11.8 Å². The maximum Gasteiger partial charge on any atom is 0.129 e. The summed E-state index contributed by atoms with van der Waals surface area (Å²) in [6.45, 7) is 0. The van der Waals surface area contributed by atoms with Crippen LogP contribution < -0.4 is 0 Å². The summed E-state index contributed by atoms with van der Waals surface area (Å²) in [4.78, 5) is 5.28. The number of halogens is 2. The van der Waals surface area contributed by atoms with Gasteiger partial charge in [0.2, 0.25) is 0 Å². The maximum atomic E-state index is 6.05. The molecule has 0 N–H and O–H groups in total. The van der Waals surface area contributed by atoms with Gasteiger partial charge >= 0.3 is 0 Å². The first kappa shape index (κ1) is 11.8. The fourth-order valence-corrected chi connectivity index (χ4v) is 2.57. The van der Waals surface area contributed by atoms with E-state index in [1.165, 1.54) is 0 Å². The lowest BCUT2D eigenvalue weighted by molar-refractivity contribution is 1.17. The summed E-state index contributed by atoms with van der Waals surface area (Å²) >= 11 is 13.5. The molecule has 0 aliphatic rings. The van der Waals surface area contributed by atoms with E-state index in [-0.39, 0.29) is 0 Å². The average molecular weight is 270 g/mol. The molecular weight excluding hydrogens is 261 g/mol. The van der Waals surface area contributed by atoms with E-state index in [1.807, 2.05) is 36.4 Å². The molecule has 0 aliphatic heterocycles. The van der Waals surface area contributed by atoms with Gasteiger partial charge in [-0.25, -0.2) is 4.98 Å². The van der Waals surface area contributed by atoms with Gasteiger partial charge in [0.25, 0.3) is 0 Å². The second kappa shape index (κ2) is 5.58. The van der Waals surface area contributed by atoms with Gasteiger partial charge in [0.15, 0.2) is 0 Å². The van der Waals surface area contributed by atoms with E-state index in [0.717, 1.165) is 21.4 Å². The van der Waals surface area contributed by atoms with Crippen molar-refractivity contribution in [3.8, 4) is 0 Å². The molecule has 2 rings (SSSR count). The summed E-state index contributed by atoms with van der Waals surface area (Å²) < 4.78 is 0. The molecule has 0 spiro atoms. The Bertz CT molecular complexity index is 488. The number of thioether (sulfide) groups is 1. The highest BCUT2D eigenvalue weighted by Gasteiger charge is 2.01. The van der Waals surface area contributed by atoms with Crippen molar-refractivity contribution in [1.82, 2.24) is 4.98 Å². The van der Waals surface area contributed by atoms with Crippen LogP contribution in [-0.4, -0.2) is 4.98 Å². The van der Waals surface area contributed by atoms with Crippen molar-refractivity contribution >= 4 is 35.0 Å². The number of hydrogen-bond donors (Lipinski definition) is 0. The molecule has 2 aromatic rings. The fraction of sp³-hybridized carbons (Fsp3) is 0.0833. The molecule has 0 saturated heterocycles. The van der Waals surface area contributed by atoms with Crippen molar-refractivity contribution < 1.29 is 0 Å². The molecule has 1 aromatic carbocycles. The van der Waals surface area contributed by atoms with Gasteiger partial charge in [-0.3, -0.25) is 0 Å². The molecule has 0 fully saturated rings. The Kier molecular flexibility index (Phi) is 4.10. The summed E-state index contributed by atoms with van der Waals surface area (Å²) in [5, 5.41) is 1.30. The van der Waals surface area contributed by atoms with Crippen molar-refractivity contribution in [2.75, 3.05) is 0 Å². The first-order valence-electron chi connectivity index (χ1n) is 4.74. The molecule has 0 radical (unpaired) electrons. The largest absolute Gasteiger partial charge is 0.240 e. The molecule has 0 saturated carbocycles. The van der Waals surface area contributed by atoms with Crippen LogP contribution in [0.1, 0.15) is 5.69 Å². The normalized spacial score (nSPS) is 10.4. The molecule has 16 heavy (non-hydrogen) atoms. The molecule has 0 amide bonds. The Labute approximate surface area is 109 Å². The molecule has 1 heterocycles. The lowest BCUT2D eigenvalue weighted by Crippen LogP contribution is -1.86. The van der Waals surface area contributed by atoms with Crippen LogP contribution in [0.5, 0.6) is 0 Å². The zero-order chi connectivity index (χ0) is 11.4. The van der Waals surface area contributed by atoms with Crippen molar-refractivity contribution in [2.45, 2.75) is 10.6 Å². The molecule has 0 bridgehead atoms. The maximum absolute atomic E-state index is 6.05. The average Bonchev–Trinajstić information content (AvgIpc) is 2.28. The van der Waals surface area contributed by atoms with Gasteiger partial charge in [0, 0.05) is 10.6 Å². The fourth-order valence-electron chi connectivity index (χ4n) is 1.24. The van der Waals surface area contributed by atoms with E-state index in [0.29, 0.717) is 5.15 Å². The second-order valence-corrected chi connectivity index (χ2v) is 4.98. The summed E-state index contributed by atoms with van der Waals surface area (Å²) in [5.74, 6) is 0.768. The van der Waals surface area contributed by atoms with E-state index in [2.05, 4.69) is 4.98 Å². The number of nitrogens with zero attached hydrogens (tertiary/aromatic N) is 1. The van der Waals surface area contributed by atoms with Crippen LogP contribution in [0, 0.1) is 0 Å². The van der Waals surface area contributed by atoms with Gasteiger partial charge in [0.1, 0.15) is 5.15 Å². The Morgan fingerprint density at radius 3 is 2.56 bits per heavy atom. The summed E-state index contributed by atoms with van der Waals surface area (Å²) in [6.07, 6.45) is 0. The predicted octanol–water partition coefficient (Wildman–Crippen LogP) is 4.68. The van der Waals surface area contributed by atoms with Gasteiger partial charge in [-0.05, 0) is 24.3 Å². The minimum atomic E-state index is 0.525. The minimum Gasteiger partial charge on any atom is -0.240 e. The van der Waals surface area contributed by atoms with Crippen LogP contribution >= 0.6 is 35.0 Å². The zero-order valence-corrected chi connectivity index (χ0v) is 10.7. The lowest BCUT2D eigenvalue weighted by Gasteiger charge is -2.03. The SMILES string of the molecule is Clc1cccc(CSc2ccccc2Cl)n1. The molecule has 1 aromatic heterocycles. The van der Waals surface area contributed by atoms with Crippen molar-refractivity contribution in [3.05, 3.63) is 58.3 Å². The quantitative estimate of drug-likeness (QED) is 0.593. The highest BCUT2D eigenvalue weighted by Crippen LogP contribution is 2.28. The number of hydrogen-bond acceptors (Lipinski definition) is 2. The van der Waals surface area contributed by atoms with Crippen LogP contribution in [0.25, 0.3) is 0 Å². The smallest absolute Gasteiger partial charge is 0.129 e. The van der Waals surface area contributed by atoms with Crippen LogP contribution in [0.4, 0.5) is 0 Å². The third kappa shape index (κ3) is 3.14. The van der Waals surface area contributed by atoms with Gasteiger partial charge in [-0.2, -0.15) is 0 Å². The van der Waals surface area contributed by atoms with Crippen molar-refractivity contribution in [3.63, 3.8) is 0 Å². The molecule has 1 nitrogen and oxygen atoms in total. The Balaban J connectivity index is 2.05. The first-order chi connectivity index (χ1) is 7.75. The third-order valence-electron chi connectivity index (χ3n) is 1.98. The Morgan fingerprint density at radius 2 is 1.81 bits per heavy atom. The highest BCUT2D eigenvalue weighted by atomic mass is 35.5. The van der Waals surface area contributed by atoms with E-state index in [4.69, 9.17) is 23.2 Å². The van der Waals surface area contributed by atoms with Gasteiger partial charge in [-0.1, -0.05) is 41.4 Å². The predicted molar refractivity (Wildman–Crippen MR) is 70.3 cm³/mol. The standard InChI is InChI=1S/C12H9Cl2NS/c13-10-5-1-2-6-11(10)16-8-9-4-3-7-12(14)15-9/h1-7H,8H2. The molecule has 82 valence electrons. The van der Waals surface area contributed by atoms with E-state index < -0.39 is 0 Å². The van der Waals surface area contributed by atoms with Crippen LogP contribution in [0.15, 0.2) is 47.4 Å². The van der Waals surface area contributed by atoms with Crippen LogP contribution in [0.2, 0.25) is 10.2 Å².